The normalized spacial score (nSPS) is 18.9. The van der Waals surface area contributed by atoms with Crippen LogP contribution >= 0.6 is 0 Å². The van der Waals surface area contributed by atoms with Crippen LogP contribution < -0.4 is 0 Å². The highest BCUT2D eigenvalue weighted by atomic mass is 16.2. The second-order valence-corrected chi connectivity index (χ2v) is 5.73. The molecular formula is C15H30N2O. The van der Waals surface area contributed by atoms with E-state index < -0.39 is 0 Å². The Labute approximate surface area is 113 Å². The molecule has 1 aliphatic heterocycles. The molecule has 0 aromatic carbocycles. The molecule has 106 valence electrons. The van der Waals surface area contributed by atoms with Crippen LogP contribution in [0, 0.1) is 5.92 Å². The van der Waals surface area contributed by atoms with Gasteiger partial charge in [0.15, 0.2) is 0 Å². The molecule has 0 N–H and O–H groups in total. The molecule has 1 aliphatic rings. The number of unbranched alkanes of at least 4 members (excludes halogenated alkanes) is 4. The van der Waals surface area contributed by atoms with Gasteiger partial charge in [0.05, 0.1) is 0 Å². The van der Waals surface area contributed by atoms with Crippen molar-refractivity contribution < 1.29 is 4.79 Å². The predicted molar refractivity (Wildman–Crippen MR) is 76.6 cm³/mol. The average Bonchev–Trinajstić information content (AvgIpc) is 2.38. The minimum atomic E-state index is 0.218. The summed E-state index contributed by atoms with van der Waals surface area (Å²) in [6, 6.07) is 0. The molecule has 3 heteroatoms. The Bertz CT molecular complexity index is 235. The highest BCUT2D eigenvalue weighted by Crippen LogP contribution is 2.15. The number of carbonyl (C=O) groups is 1. The van der Waals surface area contributed by atoms with E-state index in [9.17, 15) is 4.79 Å². The Kier molecular flexibility index (Phi) is 7.33. The maximum Gasteiger partial charge on any atom is 0.225 e. The van der Waals surface area contributed by atoms with Crippen molar-refractivity contribution in [1.29, 1.82) is 0 Å². The van der Waals surface area contributed by atoms with Crippen molar-refractivity contribution in [1.82, 2.24) is 9.80 Å². The maximum absolute atomic E-state index is 12.2. The molecular weight excluding hydrogens is 224 g/mol. The summed E-state index contributed by atoms with van der Waals surface area (Å²) < 4.78 is 0. The van der Waals surface area contributed by atoms with E-state index in [0.29, 0.717) is 5.91 Å². The highest BCUT2D eigenvalue weighted by Gasteiger charge is 2.22. The van der Waals surface area contributed by atoms with Gasteiger partial charge in [-0.1, -0.05) is 46.0 Å². The summed E-state index contributed by atoms with van der Waals surface area (Å²) in [4.78, 5) is 16.6. The van der Waals surface area contributed by atoms with Crippen molar-refractivity contribution in [2.24, 2.45) is 5.92 Å². The number of amides is 1. The molecule has 1 amide bonds. The van der Waals surface area contributed by atoms with E-state index in [2.05, 4.69) is 30.7 Å². The van der Waals surface area contributed by atoms with Crippen molar-refractivity contribution in [2.45, 2.75) is 52.4 Å². The van der Waals surface area contributed by atoms with Crippen LogP contribution in [0.5, 0.6) is 0 Å². The first-order valence-corrected chi connectivity index (χ1v) is 7.62. The van der Waals surface area contributed by atoms with E-state index in [4.69, 9.17) is 0 Å². The molecule has 0 aliphatic carbocycles. The first-order valence-electron chi connectivity index (χ1n) is 7.62. The van der Waals surface area contributed by atoms with Crippen LogP contribution in [0.4, 0.5) is 0 Å². The van der Waals surface area contributed by atoms with Crippen LogP contribution in [-0.4, -0.2) is 48.9 Å². The lowest BCUT2D eigenvalue weighted by atomic mass is 10.0. The zero-order valence-corrected chi connectivity index (χ0v) is 12.5. The zero-order chi connectivity index (χ0) is 13.4. The molecule has 1 saturated heterocycles. The molecule has 1 fully saturated rings. The summed E-state index contributed by atoms with van der Waals surface area (Å²) in [5, 5.41) is 0. The van der Waals surface area contributed by atoms with Gasteiger partial charge in [-0.2, -0.15) is 0 Å². The summed E-state index contributed by atoms with van der Waals surface area (Å²) in [5.74, 6) is 0.591. The summed E-state index contributed by atoms with van der Waals surface area (Å²) in [5.41, 5.74) is 0. The molecule has 1 unspecified atom stereocenters. The van der Waals surface area contributed by atoms with Crippen molar-refractivity contribution in [3.8, 4) is 0 Å². The molecule has 0 aromatic rings. The van der Waals surface area contributed by atoms with E-state index in [1.165, 1.54) is 32.1 Å². The molecule has 18 heavy (non-hydrogen) atoms. The number of rotatable bonds is 7. The minimum Gasteiger partial charge on any atom is -0.340 e. The SMILES string of the molecule is CCCCCCCC(C)C(=O)N1CCN(C)CC1. The largest absolute Gasteiger partial charge is 0.340 e. The van der Waals surface area contributed by atoms with Crippen LogP contribution in [0.1, 0.15) is 52.4 Å². The van der Waals surface area contributed by atoms with Gasteiger partial charge in [-0.3, -0.25) is 4.79 Å². The molecule has 1 rings (SSSR count). The van der Waals surface area contributed by atoms with Gasteiger partial charge >= 0.3 is 0 Å². The van der Waals surface area contributed by atoms with Gasteiger partial charge < -0.3 is 9.80 Å². The van der Waals surface area contributed by atoms with Gasteiger partial charge in [0, 0.05) is 32.1 Å². The Morgan fingerprint density at radius 3 is 2.28 bits per heavy atom. The van der Waals surface area contributed by atoms with Gasteiger partial charge in [0.2, 0.25) is 5.91 Å². The average molecular weight is 254 g/mol. The van der Waals surface area contributed by atoms with Crippen LogP contribution in [0.25, 0.3) is 0 Å². The number of nitrogens with zero attached hydrogens (tertiary/aromatic N) is 2. The standard InChI is InChI=1S/C15H30N2O/c1-4-5-6-7-8-9-14(2)15(18)17-12-10-16(3)11-13-17/h14H,4-13H2,1-3H3. The molecule has 0 saturated carbocycles. The fourth-order valence-electron chi connectivity index (χ4n) is 2.52. The van der Waals surface area contributed by atoms with Crippen molar-refractivity contribution in [3.63, 3.8) is 0 Å². The van der Waals surface area contributed by atoms with E-state index in [-0.39, 0.29) is 5.92 Å². The van der Waals surface area contributed by atoms with Gasteiger partial charge in [-0.05, 0) is 13.5 Å². The molecule has 0 radical (unpaired) electrons. The lowest BCUT2D eigenvalue weighted by molar-refractivity contribution is -0.136. The fourth-order valence-corrected chi connectivity index (χ4v) is 2.52. The summed E-state index contributed by atoms with van der Waals surface area (Å²) in [6.45, 7) is 8.20. The summed E-state index contributed by atoms with van der Waals surface area (Å²) >= 11 is 0. The van der Waals surface area contributed by atoms with Gasteiger partial charge in [-0.15, -0.1) is 0 Å². The number of likely N-dealkylation sites (N-methyl/N-ethyl adjacent to an activating group) is 1. The van der Waals surface area contributed by atoms with Gasteiger partial charge in [0.1, 0.15) is 0 Å². The Morgan fingerprint density at radius 1 is 1.06 bits per heavy atom. The number of hydrogen-bond donors (Lipinski definition) is 0. The molecule has 1 heterocycles. The zero-order valence-electron chi connectivity index (χ0n) is 12.5. The second-order valence-electron chi connectivity index (χ2n) is 5.73. The van der Waals surface area contributed by atoms with Crippen LogP contribution in [-0.2, 0) is 4.79 Å². The lowest BCUT2D eigenvalue weighted by Crippen LogP contribution is -2.48. The molecule has 0 spiro atoms. The van der Waals surface area contributed by atoms with Crippen molar-refractivity contribution >= 4 is 5.91 Å². The van der Waals surface area contributed by atoms with Crippen molar-refractivity contribution in [2.75, 3.05) is 33.2 Å². The third-order valence-electron chi connectivity index (χ3n) is 3.98. The number of hydrogen-bond acceptors (Lipinski definition) is 2. The van der Waals surface area contributed by atoms with Gasteiger partial charge in [-0.25, -0.2) is 0 Å². The lowest BCUT2D eigenvalue weighted by Gasteiger charge is -2.34. The molecule has 0 bridgehead atoms. The Balaban J connectivity index is 2.16. The van der Waals surface area contributed by atoms with Crippen LogP contribution in [0.2, 0.25) is 0 Å². The predicted octanol–water partition coefficient (Wildman–Crippen LogP) is 2.76. The van der Waals surface area contributed by atoms with Crippen LogP contribution in [0.3, 0.4) is 0 Å². The molecule has 1 atom stereocenters. The summed E-state index contributed by atoms with van der Waals surface area (Å²) in [6.07, 6.45) is 7.51. The molecule has 0 aromatic heterocycles. The fraction of sp³-hybridized carbons (Fsp3) is 0.933. The van der Waals surface area contributed by atoms with E-state index in [1.54, 1.807) is 0 Å². The third kappa shape index (κ3) is 5.38. The number of piperazine rings is 1. The first kappa shape index (κ1) is 15.5. The number of carbonyl (C=O) groups excluding carboxylic acids is 1. The third-order valence-corrected chi connectivity index (χ3v) is 3.98. The van der Waals surface area contributed by atoms with Crippen LogP contribution in [0.15, 0.2) is 0 Å². The maximum atomic E-state index is 12.2. The second kappa shape index (κ2) is 8.52. The van der Waals surface area contributed by atoms with E-state index >= 15 is 0 Å². The highest BCUT2D eigenvalue weighted by molar-refractivity contribution is 5.78. The quantitative estimate of drug-likeness (QED) is 0.652. The first-order chi connectivity index (χ1) is 8.65. The monoisotopic (exact) mass is 254 g/mol. The Morgan fingerprint density at radius 2 is 1.67 bits per heavy atom. The smallest absolute Gasteiger partial charge is 0.225 e. The van der Waals surface area contributed by atoms with E-state index in [0.717, 1.165) is 32.6 Å². The van der Waals surface area contributed by atoms with E-state index in [1.807, 2.05) is 0 Å². The topological polar surface area (TPSA) is 23.6 Å². The summed E-state index contributed by atoms with van der Waals surface area (Å²) in [7, 11) is 2.12. The Hall–Kier alpha value is -0.570. The van der Waals surface area contributed by atoms with Crippen molar-refractivity contribution in [3.05, 3.63) is 0 Å². The molecule has 3 nitrogen and oxygen atoms in total. The van der Waals surface area contributed by atoms with Gasteiger partial charge in [0.25, 0.3) is 0 Å². The minimum absolute atomic E-state index is 0.218.